The van der Waals surface area contributed by atoms with E-state index in [0.29, 0.717) is 0 Å². The number of thiophene rings is 1. The highest BCUT2D eigenvalue weighted by atomic mass is 32.1. The van der Waals surface area contributed by atoms with Crippen LogP contribution in [0.3, 0.4) is 0 Å². The average Bonchev–Trinajstić information content (AvgIpc) is 3.17. The molecule has 0 fully saturated rings. The average molecular weight is 285 g/mol. The van der Waals surface area contributed by atoms with Crippen LogP contribution in [0.15, 0.2) is 42.4 Å². The van der Waals surface area contributed by atoms with Crippen LogP contribution in [0.2, 0.25) is 0 Å². The molecule has 0 spiro atoms. The second kappa shape index (κ2) is 5.92. The van der Waals surface area contributed by atoms with Crippen LogP contribution >= 0.6 is 11.3 Å². The van der Waals surface area contributed by atoms with Crippen LogP contribution in [-0.2, 0) is 0 Å². The van der Waals surface area contributed by atoms with Gasteiger partial charge >= 0.3 is 0 Å². The minimum atomic E-state index is 0.255. The van der Waals surface area contributed by atoms with Gasteiger partial charge in [0.05, 0.1) is 12.2 Å². The van der Waals surface area contributed by atoms with Crippen molar-refractivity contribution < 1.29 is 0 Å². The van der Waals surface area contributed by atoms with Crippen molar-refractivity contribution in [2.75, 3.05) is 0 Å². The number of rotatable bonds is 5. The molecule has 6 heteroatoms. The number of aromatic nitrogens is 5. The Kier molecular flexibility index (Phi) is 3.83. The number of nitrogens with zero attached hydrogens (tertiary/aromatic N) is 5. The smallest absolute Gasteiger partial charge is 0.116 e. The van der Waals surface area contributed by atoms with Crippen LogP contribution in [0.4, 0.5) is 0 Å². The van der Waals surface area contributed by atoms with E-state index in [4.69, 9.17) is 0 Å². The lowest BCUT2D eigenvalue weighted by Gasteiger charge is -2.13. The predicted molar refractivity (Wildman–Crippen MR) is 78.4 cm³/mol. The van der Waals surface area contributed by atoms with E-state index in [-0.39, 0.29) is 6.04 Å². The van der Waals surface area contributed by atoms with Crippen LogP contribution < -0.4 is 0 Å². The molecule has 20 heavy (non-hydrogen) atoms. The number of hydrogen-bond donors (Lipinski definition) is 0. The molecule has 0 aliphatic rings. The summed E-state index contributed by atoms with van der Waals surface area (Å²) in [5.74, 6) is 0. The van der Waals surface area contributed by atoms with E-state index in [9.17, 15) is 0 Å². The van der Waals surface area contributed by atoms with Gasteiger partial charge in [0.1, 0.15) is 12.0 Å². The molecule has 0 N–H and O–H groups in total. The van der Waals surface area contributed by atoms with Crippen molar-refractivity contribution in [2.45, 2.75) is 25.8 Å². The van der Waals surface area contributed by atoms with Crippen molar-refractivity contribution in [3.63, 3.8) is 0 Å². The fourth-order valence-electron chi connectivity index (χ4n) is 2.15. The van der Waals surface area contributed by atoms with E-state index >= 15 is 0 Å². The minimum Gasteiger partial charge on any atom is -0.244 e. The zero-order valence-electron chi connectivity index (χ0n) is 11.2. The lowest BCUT2D eigenvalue weighted by atomic mass is 10.1. The maximum Gasteiger partial charge on any atom is 0.116 e. The van der Waals surface area contributed by atoms with Crippen molar-refractivity contribution in [2.24, 2.45) is 0 Å². The zero-order valence-corrected chi connectivity index (χ0v) is 12.0. The third kappa shape index (κ3) is 2.60. The Bertz CT molecular complexity index is 647. The van der Waals surface area contributed by atoms with Crippen molar-refractivity contribution in [3.8, 4) is 11.3 Å². The fraction of sp³-hybridized carbons (Fsp3) is 0.286. The van der Waals surface area contributed by atoms with Crippen LogP contribution in [0.5, 0.6) is 0 Å². The third-order valence-corrected chi connectivity index (χ3v) is 4.09. The molecule has 0 bridgehead atoms. The maximum absolute atomic E-state index is 4.29. The molecule has 0 aromatic carbocycles. The van der Waals surface area contributed by atoms with Gasteiger partial charge in [-0.25, -0.2) is 14.6 Å². The predicted octanol–water partition coefficient (Wildman–Crippen LogP) is 3.19. The van der Waals surface area contributed by atoms with Crippen molar-refractivity contribution in [1.29, 1.82) is 0 Å². The Morgan fingerprint density at radius 3 is 2.85 bits per heavy atom. The van der Waals surface area contributed by atoms with E-state index < -0.39 is 0 Å². The first-order valence-corrected chi connectivity index (χ1v) is 7.47. The molecule has 3 aromatic rings. The summed E-state index contributed by atoms with van der Waals surface area (Å²) in [6.07, 6.45) is 9.14. The molecule has 0 aliphatic carbocycles. The summed E-state index contributed by atoms with van der Waals surface area (Å²) >= 11 is 1.76. The summed E-state index contributed by atoms with van der Waals surface area (Å²) in [5.41, 5.74) is 1.70. The summed E-state index contributed by atoms with van der Waals surface area (Å²) in [4.78, 5) is 9.34. The van der Waals surface area contributed by atoms with Crippen LogP contribution in [0.1, 0.15) is 30.7 Å². The summed E-state index contributed by atoms with van der Waals surface area (Å²) in [6.45, 7) is 2.18. The van der Waals surface area contributed by atoms with E-state index in [0.717, 1.165) is 24.1 Å². The van der Waals surface area contributed by atoms with Crippen LogP contribution in [0.25, 0.3) is 11.3 Å². The van der Waals surface area contributed by atoms with Crippen LogP contribution in [0, 0.1) is 0 Å². The van der Waals surface area contributed by atoms with Gasteiger partial charge in [0.15, 0.2) is 0 Å². The fourth-order valence-corrected chi connectivity index (χ4v) is 3.01. The summed E-state index contributed by atoms with van der Waals surface area (Å²) < 4.78 is 1.94. The second-order valence-corrected chi connectivity index (χ2v) is 5.51. The van der Waals surface area contributed by atoms with Gasteiger partial charge in [-0.15, -0.1) is 16.4 Å². The highest BCUT2D eigenvalue weighted by Crippen LogP contribution is 2.27. The topological polar surface area (TPSA) is 56.5 Å². The van der Waals surface area contributed by atoms with E-state index in [1.54, 1.807) is 23.7 Å². The van der Waals surface area contributed by atoms with Gasteiger partial charge in [0, 0.05) is 22.8 Å². The molecule has 3 rings (SSSR count). The molecule has 102 valence electrons. The highest BCUT2D eigenvalue weighted by Gasteiger charge is 2.16. The third-order valence-electron chi connectivity index (χ3n) is 3.12. The Hall–Kier alpha value is -2.08. The molecule has 1 atom stereocenters. The van der Waals surface area contributed by atoms with Gasteiger partial charge in [-0.1, -0.05) is 24.6 Å². The van der Waals surface area contributed by atoms with E-state index in [2.05, 4.69) is 44.7 Å². The van der Waals surface area contributed by atoms with E-state index in [1.807, 2.05) is 10.9 Å². The largest absolute Gasteiger partial charge is 0.244 e. The van der Waals surface area contributed by atoms with E-state index in [1.165, 1.54) is 11.2 Å². The lowest BCUT2D eigenvalue weighted by Crippen LogP contribution is -2.09. The molecule has 0 amide bonds. The van der Waals surface area contributed by atoms with Gasteiger partial charge in [0.2, 0.25) is 0 Å². The van der Waals surface area contributed by atoms with Crippen molar-refractivity contribution in [3.05, 3.63) is 47.3 Å². The minimum absolute atomic E-state index is 0.255. The molecule has 0 aliphatic heterocycles. The molecule has 5 nitrogen and oxygen atoms in total. The Labute approximate surface area is 121 Å². The Morgan fingerprint density at radius 1 is 1.30 bits per heavy atom. The number of hydrogen-bond acceptors (Lipinski definition) is 5. The van der Waals surface area contributed by atoms with Gasteiger partial charge in [-0.05, 0) is 17.9 Å². The van der Waals surface area contributed by atoms with Gasteiger partial charge in [-0.2, -0.15) is 0 Å². The monoisotopic (exact) mass is 285 g/mol. The maximum atomic E-state index is 4.29. The molecule has 3 aromatic heterocycles. The molecular formula is C14H15N5S. The molecular weight excluding hydrogens is 270 g/mol. The molecule has 0 saturated heterocycles. The van der Waals surface area contributed by atoms with Gasteiger partial charge in [-0.3, -0.25) is 0 Å². The SMILES string of the molecule is CCC[C@@H](c1cccs1)n1cc(-c2cncnc2)nn1. The highest BCUT2D eigenvalue weighted by molar-refractivity contribution is 7.10. The summed E-state index contributed by atoms with van der Waals surface area (Å²) in [5, 5.41) is 10.6. The molecule has 0 radical (unpaired) electrons. The van der Waals surface area contributed by atoms with Gasteiger partial charge in [0.25, 0.3) is 0 Å². The van der Waals surface area contributed by atoms with Crippen molar-refractivity contribution >= 4 is 11.3 Å². The normalized spacial score (nSPS) is 12.4. The summed E-state index contributed by atoms with van der Waals surface area (Å²) in [7, 11) is 0. The quantitative estimate of drug-likeness (QED) is 0.722. The van der Waals surface area contributed by atoms with Crippen molar-refractivity contribution in [1.82, 2.24) is 25.0 Å². The Balaban J connectivity index is 1.91. The first-order chi connectivity index (χ1) is 9.88. The second-order valence-electron chi connectivity index (χ2n) is 4.53. The lowest BCUT2D eigenvalue weighted by molar-refractivity contribution is 0.477. The summed E-state index contributed by atoms with van der Waals surface area (Å²) in [6, 6.07) is 4.48. The standard InChI is InChI=1S/C14H15N5S/c1-2-4-13(14-5-3-6-20-14)19-9-12(17-18-19)11-7-15-10-16-8-11/h3,5-10,13H,2,4H2,1H3/t13-/m0/s1. The first-order valence-electron chi connectivity index (χ1n) is 6.59. The molecule has 0 unspecified atom stereocenters. The van der Waals surface area contributed by atoms with Gasteiger partial charge < -0.3 is 0 Å². The first kappa shape index (κ1) is 12.9. The zero-order chi connectivity index (χ0) is 13.8. The molecule has 0 saturated carbocycles. The van der Waals surface area contributed by atoms with Crippen LogP contribution in [-0.4, -0.2) is 25.0 Å². The Morgan fingerprint density at radius 2 is 2.15 bits per heavy atom. The molecule has 3 heterocycles.